The minimum atomic E-state index is -0.207. The van der Waals surface area contributed by atoms with E-state index >= 15 is 0 Å². The van der Waals surface area contributed by atoms with Gasteiger partial charge in [0.1, 0.15) is 6.61 Å². The van der Waals surface area contributed by atoms with Gasteiger partial charge in [0.25, 0.3) is 0 Å². The molecule has 5 nitrogen and oxygen atoms in total. The lowest BCUT2D eigenvalue weighted by molar-refractivity contribution is -0.142. The van der Waals surface area contributed by atoms with Crippen molar-refractivity contribution in [2.24, 2.45) is 23.7 Å². The standard InChI is InChI=1S/C35H38N2O3/c38-33(18-25-10-4-1-5-11-25)36-32-20-29-22-37(21-27-14-8-3-9-15-27)23-31-30(29)17-16-28(35(31)32)24-40-34(39)19-26-12-6-2-7-13-26/h1-16,29-32,35H,17-24H2,(H,36,38). The van der Waals surface area contributed by atoms with Crippen LogP contribution in [0.2, 0.25) is 0 Å². The van der Waals surface area contributed by atoms with Gasteiger partial charge in [-0.2, -0.15) is 0 Å². The van der Waals surface area contributed by atoms with Crippen LogP contribution < -0.4 is 5.32 Å². The van der Waals surface area contributed by atoms with Gasteiger partial charge in [0.15, 0.2) is 0 Å². The van der Waals surface area contributed by atoms with Gasteiger partial charge in [-0.3, -0.25) is 14.5 Å². The first-order valence-electron chi connectivity index (χ1n) is 14.6. The summed E-state index contributed by atoms with van der Waals surface area (Å²) in [6, 6.07) is 30.4. The van der Waals surface area contributed by atoms with Gasteiger partial charge in [-0.05, 0) is 52.9 Å². The third kappa shape index (κ3) is 6.20. The van der Waals surface area contributed by atoms with Gasteiger partial charge in [-0.15, -0.1) is 0 Å². The topological polar surface area (TPSA) is 58.6 Å². The number of nitrogens with one attached hydrogen (secondary N) is 1. The summed E-state index contributed by atoms with van der Waals surface area (Å²) in [5.41, 5.74) is 4.50. The van der Waals surface area contributed by atoms with E-state index in [-0.39, 0.29) is 30.3 Å². The van der Waals surface area contributed by atoms with Gasteiger partial charge in [0, 0.05) is 31.6 Å². The molecule has 2 fully saturated rings. The molecule has 1 amide bonds. The average Bonchev–Trinajstić information content (AvgIpc) is 2.96. The van der Waals surface area contributed by atoms with Crippen molar-refractivity contribution in [2.75, 3.05) is 19.7 Å². The molecule has 5 unspecified atom stereocenters. The van der Waals surface area contributed by atoms with Gasteiger partial charge in [0.2, 0.25) is 5.91 Å². The Labute approximate surface area is 237 Å². The number of amides is 1. The Morgan fingerprint density at radius 3 is 2.08 bits per heavy atom. The van der Waals surface area contributed by atoms with Crippen LogP contribution in [0.3, 0.4) is 0 Å². The fourth-order valence-corrected chi connectivity index (χ4v) is 7.34. The van der Waals surface area contributed by atoms with Crippen LogP contribution in [-0.2, 0) is 33.7 Å². The number of nitrogens with zero attached hydrogens (tertiary/aromatic N) is 1. The summed E-state index contributed by atoms with van der Waals surface area (Å²) in [6.45, 7) is 3.31. The Kier molecular flexibility index (Phi) is 8.10. The quantitative estimate of drug-likeness (QED) is 0.302. The SMILES string of the molecule is O=C(Cc1ccccc1)NC1CC2CN(Cc3ccccc3)CC3C2CC=C(COC(=O)Cc2ccccc2)C13. The zero-order valence-corrected chi connectivity index (χ0v) is 23.0. The molecule has 1 heterocycles. The average molecular weight is 535 g/mol. The Balaban J connectivity index is 1.18. The first-order chi connectivity index (χ1) is 19.6. The number of carbonyl (C=O) groups excluding carboxylic acids is 2. The number of hydrogen-bond acceptors (Lipinski definition) is 4. The third-order valence-corrected chi connectivity index (χ3v) is 9.04. The highest BCUT2D eigenvalue weighted by atomic mass is 16.5. The maximum absolute atomic E-state index is 13.2. The molecule has 1 saturated carbocycles. The van der Waals surface area contributed by atoms with Crippen LogP contribution in [0, 0.1) is 23.7 Å². The van der Waals surface area contributed by atoms with Crippen LogP contribution in [-0.4, -0.2) is 42.5 Å². The summed E-state index contributed by atoms with van der Waals surface area (Å²) in [7, 11) is 0. The molecule has 6 rings (SSSR count). The molecule has 5 heteroatoms. The molecule has 3 aliphatic rings. The second kappa shape index (κ2) is 12.2. The van der Waals surface area contributed by atoms with E-state index in [1.54, 1.807) is 0 Å². The molecule has 1 saturated heterocycles. The zero-order valence-electron chi connectivity index (χ0n) is 23.0. The lowest BCUT2D eigenvalue weighted by Crippen LogP contribution is -2.60. The monoisotopic (exact) mass is 534 g/mol. The summed E-state index contributed by atoms with van der Waals surface area (Å²) >= 11 is 0. The van der Waals surface area contributed by atoms with Crippen LogP contribution in [0.1, 0.15) is 29.5 Å². The van der Waals surface area contributed by atoms with E-state index in [9.17, 15) is 9.59 Å². The van der Waals surface area contributed by atoms with Crippen molar-refractivity contribution >= 4 is 11.9 Å². The molecule has 206 valence electrons. The first kappa shape index (κ1) is 26.5. The number of piperidine rings is 1. The van der Waals surface area contributed by atoms with Gasteiger partial charge in [0.05, 0.1) is 12.8 Å². The van der Waals surface area contributed by atoms with E-state index in [2.05, 4.69) is 46.6 Å². The molecule has 1 aliphatic heterocycles. The Morgan fingerprint density at radius 1 is 0.775 bits per heavy atom. The molecule has 2 aliphatic carbocycles. The Morgan fingerprint density at radius 2 is 1.40 bits per heavy atom. The van der Waals surface area contributed by atoms with Crippen LogP contribution >= 0.6 is 0 Å². The molecule has 1 N–H and O–H groups in total. The second-order valence-electron chi connectivity index (χ2n) is 11.7. The minimum absolute atomic E-state index is 0.0562. The number of rotatable bonds is 9. The number of esters is 1. The third-order valence-electron chi connectivity index (χ3n) is 9.04. The highest BCUT2D eigenvalue weighted by molar-refractivity contribution is 5.79. The summed E-state index contributed by atoms with van der Waals surface area (Å²) in [5.74, 6) is 1.63. The number of ether oxygens (including phenoxy) is 1. The molecule has 3 aromatic rings. The summed E-state index contributed by atoms with van der Waals surface area (Å²) in [6.07, 6.45) is 4.97. The van der Waals surface area contributed by atoms with Crippen molar-refractivity contribution < 1.29 is 14.3 Å². The molecule has 0 radical (unpaired) electrons. The van der Waals surface area contributed by atoms with Crippen LogP contribution in [0.15, 0.2) is 103 Å². The number of hydrogen-bond donors (Lipinski definition) is 1. The predicted octanol–water partition coefficient (Wildman–Crippen LogP) is 5.21. The molecular formula is C35H38N2O3. The largest absolute Gasteiger partial charge is 0.461 e. The number of benzene rings is 3. The molecule has 5 atom stereocenters. The van der Waals surface area contributed by atoms with Crippen LogP contribution in [0.4, 0.5) is 0 Å². The van der Waals surface area contributed by atoms with Crippen LogP contribution in [0.5, 0.6) is 0 Å². The van der Waals surface area contributed by atoms with Crippen molar-refractivity contribution in [1.29, 1.82) is 0 Å². The lowest BCUT2D eigenvalue weighted by Gasteiger charge is -2.56. The fraction of sp³-hybridized carbons (Fsp3) is 0.371. The number of allylic oxidation sites excluding steroid dienone is 1. The van der Waals surface area contributed by atoms with E-state index < -0.39 is 0 Å². The minimum Gasteiger partial charge on any atom is -0.461 e. The molecule has 3 aromatic carbocycles. The Hall–Kier alpha value is -3.70. The summed E-state index contributed by atoms with van der Waals surface area (Å²) in [4.78, 5) is 28.5. The van der Waals surface area contributed by atoms with Gasteiger partial charge < -0.3 is 10.1 Å². The predicted molar refractivity (Wildman–Crippen MR) is 156 cm³/mol. The summed E-state index contributed by atoms with van der Waals surface area (Å²) in [5, 5.41) is 3.43. The molecule has 0 aromatic heterocycles. The molecule has 0 spiro atoms. The molecular weight excluding hydrogens is 496 g/mol. The van der Waals surface area contributed by atoms with Crippen molar-refractivity contribution in [3.63, 3.8) is 0 Å². The molecule has 4 bridgehead atoms. The van der Waals surface area contributed by atoms with Gasteiger partial charge >= 0.3 is 5.97 Å². The van der Waals surface area contributed by atoms with Gasteiger partial charge in [-0.1, -0.05) is 97.1 Å². The second-order valence-corrected chi connectivity index (χ2v) is 11.7. The molecule has 40 heavy (non-hydrogen) atoms. The highest BCUT2D eigenvalue weighted by Crippen LogP contribution is 2.50. The van der Waals surface area contributed by atoms with E-state index in [4.69, 9.17) is 4.74 Å². The van der Waals surface area contributed by atoms with Crippen LogP contribution in [0.25, 0.3) is 0 Å². The summed E-state index contributed by atoms with van der Waals surface area (Å²) < 4.78 is 5.85. The maximum Gasteiger partial charge on any atom is 0.310 e. The Bertz CT molecular complexity index is 1320. The number of carbonyl (C=O) groups is 2. The first-order valence-corrected chi connectivity index (χ1v) is 14.6. The maximum atomic E-state index is 13.2. The fourth-order valence-electron chi connectivity index (χ4n) is 7.34. The van der Waals surface area contributed by atoms with E-state index in [0.29, 0.717) is 30.8 Å². The van der Waals surface area contributed by atoms with Crippen molar-refractivity contribution in [3.8, 4) is 0 Å². The zero-order chi connectivity index (χ0) is 27.3. The normalized spacial score (nSPS) is 25.5. The lowest BCUT2D eigenvalue weighted by atomic mass is 9.56. The van der Waals surface area contributed by atoms with E-state index in [0.717, 1.165) is 43.6 Å². The van der Waals surface area contributed by atoms with Crippen molar-refractivity contribution in [3.05, 3.63) is 119 Å². The smallest absolute Gasteiger partial charge is 0.310 e. The van der Waals surface area contributed by atoms with E-state index in [1.807, 2.05) is 60.7 Å². The van der Waals surface area contributed by atoms with E-state index in [1.165, 1.54) is 11.1 Å². The van der Waals surface area contributed by atoms with Crippen molar-refractivity contribution in [2.45, 2.75) is 38.3 Å². The highest BCUT2D eigenvalue weighted by Gasteiger charge is 2.51. The number of likely N-dealkylation sites (tertiary alicyclic amines) is 1. The van der Waals surface area contributed by atoms with Gasteiger partial charge in [-0.25, -0.2) is 0 Å². The van der Waals surface area contributed by atoms with Crippen molar-refractivity contribution in [1.82, 2.24) is 10.2 Å².